The number of likely N-dealkylation sites (tertiary alicyclic amines) is 1. The fraction of sp³-hybridized carbons (Fsp3) is 0.615. The van der Waals surface area contributed by atoms with Crippen molar-refractivity contribution in [1.82, 2.24) is 31.5 Å². The molecular weight excluding hydrogens is 784 g/mol. The molecule has 2 rings (SSSR count). The van der Waals surface area contributed by atoms with Crippen LogP contribution in [0.25, 0.3) is 0 Å². The van der Waals surface area contributed by atoms with Crippen LogP contribution in [-0.2, 0) is 44.8 Å². The molecule has 0 aliphatic carbocycles. The van der Waals surface area contributed by atoms with Gasteiger partial charge in [0.15, 0.2) is 5.96 Å². The van der Waals surface area contributed by atoms with Gasteiger partial charge in [0.05, 0.1) is 12.5 Å². The van der Waals surface area contributed by atoms with Crippen LogP contribution in [0.2, 0.25) is 0 Å². The van der Waals surface area contributed by atoms with Gasteiger partial charge >= 0.3 is 11.9 Å². The third kappa shape index (κ3) is 16.3. The van der Waals surface area contributed by atoms with E-state index in [1.807, 2.05) is 6.92 Å². The third-order valence-electron chi connectivity index (χ3n) is 10.0. The normalized spacial score (nSPS) is 17.1. The molecule has 1 aliphatic heterocycles. The number of aliphatic carboxylic acids is 2. The van der Waals surface area contributed by atoms with Crippen LogP contribution in [0.3, 0.4) is 0 Å². The van der Waals surface area contributed by atoms with E-state index in [2.05, 4.69) is 31.6 Å². The summed E-state index contributed by atoms with van der Waals surface area (Å²) in [6, 6.07) is -3.29. The van der Waals surface area contributed by atoms with Crippen LogP contribution in [-0.4, -0.2) is 129 Å². The highest BCUT2D eigenvalue weighted by Crippen LogP contribution is 2.20. The van der Waals surface area contributed by atoms with E-state index >= 15 is 0 Å². The number of aliphatic imine (C=N–C) groups is 1. The molecule has 0 saturated carbocycles. The number of aromatic hydroxyl groups is 1. The molecule has 21 nitrogen and oxygen atoms in total. The number of rotatable bonds is 24. The second-order valence-electron chi connectivity index (χ2n) is 15.5. The Morgan fingerprint density at radius 3 is 1.97 bits per heavy atom. The number of guanidine groups is 1. The molecule has 0 radical (unpaired) electrons. The van der Waals surface area contributed by atoms with Gasteiger partial charge < -0.3 is 64.0 Å². The predicted octanol–water partition coefficient (Wildman–Crippen LogP) is -1.60. The summed E-state index contributed by atoms with van der Waals surface area (Å²) in [6.45, 7) is 8.77. The van der Waals surface area contributed by atoms with Gasteiger partial charge in [-0.15, -0.1) is 0 Å². The van der Waals surface area contributed by atoms with Crippen molar-refractivity contribution in [2.45, 2.75) is 128 Å². The molecule has 14 N–H and O–H groups in total. The molecule has 1 aromatic carbocycles. The molecule has 1 aromatic rings. The first-order chi connectivity index (χ1) is 28.1. The zero-order valence-electron chi connectivity index (χ0n) is 34.8. The predicted molar refractivity (Wildman–Crippen MR) is 219 cm³/mol. The summed E-state index contributed by atoms with van der Waals surface area (Å²) in [6.07, 6.45) is 0.493. The molecule has 60 heavy (non-hydrogen) atoms. The van der Waals surface area contributed by atoms with Crippen molar-refractivity contribution in [2.24, 2.45) is 34.0 Å². The van der Waals surface area contributed by atoms with Crippen molar-refractivity contribution < 1.29 is 53.7 Å². The lowest BCUT2D eigenvalue weighted by Gasteiger charge is -2.29. The first-order valence-electron chi connectivity index (χ1n) is 20.0. The van der Waals surface area contributed by atoms with Crippen LogP contribution < -0.4 is 43.8 Å². The summed E-state index contributed by atoms with van der Waals surface area (Å²) in [7, 11) is 0. The van der Waals surface area contributed by atoms with Gasteiger partial charge in [-0.2, -0.15) is 0 Å². The largest absolute Gasteiger partial charge is 0.508 e. The standard InChI is InChI=1S/C39H62N10O11/c1-6-21(4)31(40)36(57)45-25(9-7-15-43-39(41)42)32(53)46-26(18-23-11-13-24(50)14-12-23)34(55)47-27(19-30(51)52)33(54)44-22(5)37(58)49-16-8-10-29(49)35(56)48-28(38(59)60)17-20(2)3/h11-14,20-22,25-29,31,50H,6-10,15-19,40H2,1-5H3,(H,44,54)(H,45,57)(H,46,53)(H,47,55)(H,48,56)(H,51,52)(H,59,60)(H4,41,42,43)/t21-,22-,25-,26-,27-,28-,29-,31-/m0/s1. The molecule has 0 bridgehead atoms. The first-order valence-corrected chi connectivity index (χ1v) is 20.0. The van der Waals surface area contributed by atoms with Gasteiger partial charge in [0.25, 0.3) is 0 Å². The lowest BCUT2D eigenvalue weighted by atomic mass is 9.98. The summed E-state index contributed by atoms with van der Waals surface area (Å²) in [5, 5.41) is 41.6. The Bertz CT molecular complexity index is 1700. The van der Waals surface area contributed by atoms with Crippen LogP contribution in [0.15, 0.2) is 29.3 Å². The van der Waals surface area contributed by atoms with Crippen molar-refractivity contribution in [2.75, 3.05) is 13.1 Å². The van der Waals surface area contributed by atoms with E-state index in [1.165, 1.54) is 36.1 Å². The first kappa shape index (κ1) is 50.2. The summed E-state index contributed by atoms with van der Waals surface area (Å²) >= 11 is 0. The van der Waals surface area contributed by atoms with Crippen molar-refractivity contribution in [1.29, 1.82) is 0 Å². The number of amides is 6. The van der Waals surface area contributed by atoms with Crippen molar-refractivity contribution in [3.63, 3.8) is 0 Å². The number of benzene rings is 1. The van der Waals surface area contributed by atoms with Gasteiger partial charge in [0, 0.05) is 19.5 Å². The lowest BCUT2D eigenvalue weighted by molar-refractivity contribution is -0.145. The Labute approximate surface area is 349 Å². The van der Waals surface area contributed by atoms with E-state index in [0.29, 0.717) is 18.4 Å². The summed E-state index contributed by atoms with van der Waals surface area (Å²) < 4.78 is 0. The van der Waals surface area contributed by atoms with Gasteiger partial charge in [-0.05, 0) is 68.6 Å². The minimum Gasteiger partial charge on any atom is -0.508 e. The maximum absolute atomic E-state index is 13.9. The lowest BCUT2D eigenvalue weighted by Crippen LogP contribution is -2.60. The SMILES string of the molecule is CC[C@H](C)[C@H](N)C(=O)N[C@@H](CCCN=C(N)N)C(=O)N[C@@H](Cc1ccc(O)cc1)C(=O)N[C@@H](CC(=O)O)C(=O)N[C@@H](C)C(=O)N1CCC[C@H]1C(=O)N[C@@H](CC(C)C)C(=O)O. The van der Waals surface area contributed by atoms with Crippen LogP contribution in [0, 0.1) is 11.8 Å². The van der Waals surface area contributed by atoms with E-state index < -0.39 is 96.1 Å². The number of carboxylic acid groups (broad SMARTS) is 2. The summed E-state index contributed by atoms with van der Waals surface area (Å²) in [4.78, 5) is 110. The van der Waals surface area contributed by atoms with Crippen LogP contribution in [0.1, 0.15) is 85.1 Å². The van der Waals surface area contributed by atoms with E-state index in [9.17, 15) is 53.7 Å². The Hall–Kier alpha value is -5.99. The van der Waals surface area contributed by atoms with Crippen molar-refractivity contribution >= 4 is 53.3 Å². The third-order valence-corrected chi connectivity index (χ3v) is 10.0. The number of carboxylic acids is 2. The van der Waals surface area contributed by atoms with Gasteiger partial charge in [0.2, 0.25) is 35.4 Å². The maximum atomic E-state index is 13.9. The molecule has 1 heterocycles. The molecule has 1 fully saturated rings. The Kier molecular flexibility index (Phi) is 20.2. The smallest absolute Gasteiger partial charge is 0.326 e. The van der Waals surface area contributed by atoms with E-state index in [1.54, 1.807) is 20.8 Å². The second kappa shape index (κ2) is 24.2. The highest BCUT2D eigenvalue weighted by atomic mass is 16.4. The highest BCUT2D eigenvalue weighted by molar-refractivity contribution is 5.98. The second-order valence-corrected chi connectivity index (χ2v) is 15.5. The van der Waals surface area contributed by atoms with Crippen LogP contribution in [0.4, 0.5) is 0 Å². The van der Waals surface area contributed by atoms with Crippen LogP contribution >= 0.6 is 0 Å². The molecule has 6 amide bonds. The molecule has 0 aromatic heterocycles. The average Bonchev–Trinajstić information content (AvgIpc) is 3.67. The molecular formula is C39H62N10O11. The molecule has 0 unspecified atom stereocenters. The quantitative estimate of drug-likeness (QED) is 0.0317. The minimum absolute atomic E-state index is 0.0166. The number of phenols is 1. The highest BCUT2D eigenvalue weighted by Gasteiger charge is 2.39. The number of carbonyl (C=O) groups is 8. The Morgan fingerprint density at radius 2 is 1.40 bits per heavy atom. The number of nitrogens with one attached hydrogen (secondary N) is 5. The molecule has 0 spiro atoms. The molecule has 1 saturated heterocycles. The molecule has 1 aliphatic rings. The topological polar surface area (TPSA) is 351 Å². The average molecular weight is 847 g/mol. The van der Waals surface area contributed by atoms with E-state index in [-0.39, 0.29) is 68.7 Å². The van der Waals surface area contributed by atoms with E-state index in [0.717, 1.165) is 0 Å². The fourth-order valence-electron chi connectivity index (χ4n) is 6.45. The van der Waals surface area contributed by atoms with Crippen LogP contribution in [0.5, 0.6) is 5.75 Å². The number of nitrogens with zero attached hydrogens (tertiary/aromatic N) is 2. The van der Waals surface area contributed by atoms with Crippen molar-refractivity contribution in [3.05, 3.63) is 29.8 Å². The number of hydrogen-bond donors (Lipinski definition) is 11. The molecule has 334 valence electrons. The Morgan fingerprint density at radius 1 is 0.817 bits per heavy atom. The number of hydrogen-bond acceptors (Lipinski definition) is 11. The number of nitrogens with two attached hydrogens (primary N) is 3. The zero-order chi connectivity index (χ0) is 45.3. The summed E-state index contributed by atoms with van der Waals surface area (Å²) in [5.74, 6) is -8.11. The van der Waals surface area contributed by atoms with Gasteiger partial charge in [0.1, 0.15) is 42.0 Å². The zero-order valence-corrected chi connectivity index (χ0v) is 34.8. The van der Waals surface area contributed by atoms with E-state index in [4.69, 9.17) is 17.2 Å². The van der Waals surface area contributed by atoms with Gasteiger partial charge in [-0.1, -0.05) is 46.2 Å². The minimum atomic E-state index is -1.77. The number of phenolic OH excluding ortho intramolecular Hbond substituents is 1. The van der Waals surface area contributed by atoms with Crippen molar-refractivity contribution in [3.8, 4) is 5.75 Å². The maximum Gasteiger partial charge on any atom is 0.326 e. The Balaban J connectivity index is 2.33. The van der Waals surface area contributed by atoms with Gasteiger partial charge in [-0.25, -0.2) is 4.79 Å². The number of carbonyl (C=O) groups excluding carboxylic acids is 6. The summed E-state index contributed by atoms with van der Waals surface area (Å²) in [5.41, 5.74) is 17.4. The fourth-order valence-corrected chi connectivity index (χ4v) is 6.45. The molecule has 8 atom stereocenters. The molecule has 21 heteroatoms. The monoisotopic (exact) mass is 846 g/mol. The van der Waals surface area contributed by atoms with Gasteiger partial charge in [-0.3, -0.25) is 38.6 Å².